The van der Waals surface area contributed by atoms with Gasteiger partial charge in [-0.05, 0) is 29.5 Å². The number of anilines is 1. The number of carbonyl (C=O) groups is 1. The van der Waals surface area contributed by atoms with E-state index in [4.69, 9.17) is 4.74 Å². The molecule has 2 heterocycles. The van der Waals surface area contributed by atoms with E-state index in [1.165, 1.54) is 17.1 Å². The van der Waals surface area contributed by atoms with Gasteiger partial charge in [-0.2, -0.15) is 0 Å². The highest BCUT2D eigenvalue weighted by Gasteiger charge is 2.14. The molecule has 3 aromatic rings. The first kappa shape index (κ1) is 12.8. The molecule has 0 aliphatic rings. The number of ether oxygens (including phenoxy) is 1. The van der Waals surface area contributed by atoms with Crippen LogP contribution in [0.4, 0.5) is 5.82 Å². The summed E-state index contributed by atoms with van der Waals surface area (Å²) in [5.74, 6) is 0.390. The van der Waals surface area contributed by atoms with Crippen molar-refractivity contribution in [3.63, 3.8) is 0 Å². The molecular formula is C12H10N6O3. The monoisotopic (exact) mass is 286 g/mol. The minimum atomic E-state index is -0.524. The highest BCUT2D eigenvalue weighted by Crippen LogP contribution is 2.13. The van der Waals surface area contributed by atoms with Crippen LogP contribution in [-0.4, -0.2) is 38.4 Å². The van der Waals surface area contributed by atoms with Crippen LogP contribution in [0.5, 0.6) is 5.75 Å². The minimum Gasteiger partial charge on any atom is -0.497 e. The molecule has 106 valence electrons. The van der Waals surface area contributed by atoms with E-state index in [0.29, 0.717) is 11.4 Å². The van der Waals surface area contributed by atoms with Crippen molar-refractivity contribution in [1.29, 1.82) is 0 Å². The molecule has 0 saturated carbocycles. The normalized spacial score (nSPS) is 10.3. The summed E-state index contributed by atoms with van der Waals surface area (Å²) in [6.07, 6.45) is 1.34. The molecule has 1 amide bonds. The number of amides is 1. The van der Waals surface area contributed by atoms with Crippen LogP contribution in [0.15, 0.2) is 41.1 Å². The quantitative estimate of drug-likeness (QED) is 0.759. The highest BCUT2D eigenvalue weighted by molar-refractivity contribution is 6.00. The Morgan fingerprint density at radius 2 is 2.10 bits per heavy atom. The molecule has 0 saturated heterocycles. The van der Waals surface area contributed by atoms with Gasteiger partial charge in [-0.15, -0.1) is 15.0 Å². The molecule has 3 rings (SSSR count). The van der Waals surface area contributed by atoms with Crippen LogP contribution in [0.25, 0.3) is 5.69 Å². The number of carbonyl (C=O) groups excluding carboxylic acids is 1. The number of methoxy groups -OCH3 is 1. The van der Waals surface area contributed by atoms with E-state index in [-0.39, 0.29) is 11.6 Å². The van der Waals surface area contributed by atoms with Crippen molar-refractivity contribution in [1.82, 2.24) is 25.4 Å². The van der Waals surface area contributed by atoms with Crippen LogP contribution in [0.3, 0.4) is 0 Å². The van der Waals surface area contributed by atoms with Gasteiger partial charge >= 0.3 is 0 Å². The fraction of sp³-hybridized carbons (Fsp3) is 0.0833. The third-order valence-electron chi connectivity index (χ3n) is 2.60. The Kier molecular flexibility index (Phi) is 3.29. The fourth-order valence-electron chi connectivity index (χ4n) is 1.58. The van der Waals surface area contributed by atoms with E-state index < -0.39 is 5.91 Å². The summed E-state index contributed by atoms with van der Waals surface area (Å²) in [4.78, 5) is 13.1. The molecule has 0 bridgehead atoms. The van der Waals surface area contributed by atoms with Crippen molar-refractivity contribution in [3.8, 4) is 11.4 Å². The van der Waals surface area contributed by atoms with Crippen LogP contribution >= 0.6 is 0 Å². The molecule has 0 aliphatic carbocycles. The fourth-order valence-corrected chi connectivity index (χ4v) is 1.58. The molecule has 0 radical (unpaired) electrons. The minimum absolute atomic E-state index is 0.0752. The van der Waals surface area contributed by atoms with Crippen molar-refractivity contribution in [2.45, 2.75) is 0 Å². The molecule has 1 aromatic carbocycles. The Bertz CT molecular complexity index is 735. The van der Waals surface area contributed by atoms with E-state index in [2.05, 4.69) is 30.4 Å². The van der Waals surface area contributed by atoms with Gasteiger partial charge in [-0.3, -0.25) is 4.79 Å². The van der Waals surface area contributed by atoms with Crippen LogP contribution in [0.2, 0.25) is 0 Å². The van der Waals surface area contributed by atoms with Gasteiger partial charge in [0.15, 0.2) is 5.82 Å². The van der Waals surface area contributed by atoms with E-state index in [0.717, 1.165) is 0 Å². The summed E-state index contributed by atoms with van der Waals surface area (Å²) >= 11 is 0. The maximum atomic E-state index is 11.9. The standard InChI is InChI=1S/C12H10N6O3/c1-20-9-4-2-8(3-5-9)18-15-11(14-17-18)12(19)13-10-6-7-21-16-10/h2-7H,1H3,(H,13,16,19). The molecule has 0 fully saturated rings. The van der Waals surface area contributed by atoms with Gasteiger partial charge < -0.3 is 14.6 Å². The molecule has 1 N–H and O–H groups in total. The molecule has 0 spiro atoms. The van der Waals surface area contributed by atoms with Gasteiger partial charge in [-0.1, -0.05) is 5.16 Å². The van der Waals surface area contributed by atoms with Crippen LogP contribution in [-0.2, 0) is 0 Å². The number of nitrogens with one attached hydrogen (secondary N) is 1. The molecule has 0 aliphatic heterocycles. The first-order valence-corrected chi connectivity index (χ1v) is 5.92. The van der Waals surface area contributed by atoms with E-state index in [1.807, 2.05) is 0 Å². The van der Waals surface area contributed by atoms with E-state index >= 15 is 0 Å². The average Bonchev–Trinajstić information content (AvgIpc) is 3.18. The molecular weight excluding hydrogens is 276 g/mol. The Morgan fingerprint density at radius 3 is 2.76 bits per heavy atom. The van der Waals surface area contributed by atoms with E-state index in [9.17, 15) is 4.79 Å². The summed E-state index contributed by atoms with van der Waals surface area (Å²) in [6, 6.07) is 8.52. The number of hydrogen-bond acceptors (Lipinski definition) is 7. The first-order valence-electron chi connectivity index (χ1n) is 5.92. The average molecular weight is 286 g/mol. The van der Waals surface area contributed by atoms with Crippen LogP contribution < -0.4 is 10.1 Å². The lowest BCUT2D eigenvalue weighted by molar-refractivity contribution is 0.101. The molecule has 9 nitrogen and oxygen atoms in total. The lowest BCUT2D eigenvalue weighted by Crippen LogP contribution is -2.14. The van der Waals surface area contributed by atoms with Gasteiger partial charge in [0, 0.05) is 6.07 Å². The predicted molar refractivity (Wildman–Crippen MR) is 70.2 cm³/mol. The number of aromatic nitrogens is 5. The molecule has 2 aromatic heterocycles. The number of nitrogens with zero attached hydrogens (tertiary/aromatic N) is 5. The molecule has 0 atom stereocenters. The summed E-state index contributed by atoms with van der Waals surface area (Å²) in [5.41, 5.74) is 0.656. The van der Waals surface area contributed by atoms with Crippen LogP contribution in [0, 0.1) is 0 Å². The maximum Gasteiger partial charge on any atom is 0.298 e. The zero-order chi connectivity index (χ0) is 14.7. The second-order valence-electron chi connectivity index (χ2n) is 3.94. The van der Waals surface area contributed by atoms with Crippen molar-refractivity contribution in [3.05, 3.63) is 42.4 Å². The van der Waals surface area contributed by atoms with Crippen molar-refractivity contribution in [2.75, 3.05) is 12.4 Å². The van der Waals surface area contributed by atoms with Gasteiger partial charge in [0.25, 0.3) is 11.7 Å². The maximum absolute atomic E-state index is 11.9. The Labute approximate surface area is 118 Å². The van der Waals surface area contributed by atoms with Gasteiger partial charge in [0.2, 0.25) is 0 Å². The third-order valence-corrected chi connectivity index (χ3v) is 2.60. The van der Waals surface area contributed by atoms with Crippen molar-refractivity contribution >= 4 is 11.7 Å². The number of tetrazole rings is 1. The molecule has 9 heteroatoms. The van der Waals surface area contributed by atoms with Crippen molar-refractivity contribution in [2.24, 2.45) is 0 Å². The molecule has 0 unspecified atom stereocenters. The number of benzene rings is 1. The highest BCUT2D eigenvalue weighted by atomic mass is 16.5. The topological polar surface area (TPSA) is 108 Å². The summed E-state index contributed by atoms with van der Waals surface area (Å²) in [6.45, 7) is 0. The summed E-state index contributed by atoms with van der Waals surface area (Å²) in [7, 11) is 1.58. The molecule has 21 heavy (non-hydrogen) atoms. The number of hydrogen-bond donors (Lipinski definition) is 1. The van der Waals surface area contributed by atoms with Gasteiger partial charge in [0.05, 0.1) is 12.8 Å². The lowest BCUT2D eigenvalue weighted by Gasteiger charge is -2.00. The van der Waals surface area contributed by atoms with E-state index in [1.54, 1.807) is 31.4 Å². The Hall–Kier alpha value is -3.23. The first-order chi connectivity index (χ1) is 10.3. The zero-order valence-corrected chi connectivity index (χ0v) is 10.9. The Balaban J connectivity index is 1.77. The van der Waals surface area contributed by atoms with Gasteiger partial charge in [-0.25, -0.2) is 0 Å². The predicted octanol–water partition coefficient (Wildman–Crippen LogP) is 0.911. The Morgan fingerprint density at radius 1 is 1.29 bits per heavy atom. The number of rotatable bonds is 4. The lowest BCUT2D eigenvalue weighted by atomic mass is 10.3. The summed E-state index contributed by atoms with van der Waals surface area (Å²) in [5, 5.41) is 17.6. The largest absolute Gasteiger partial charge is 0.497 e. The van der Waals surface area contributed by atoms with Crippen molar-refractivity contribution < 1.29 is 14.1 Å². The summed E-state index contributed by atoms with van der Waals surface area (Å²) < 4.78 is 9.67. The smallest absolute Gasteiger partial charge is 0.298 e. The van der Waals surface area contributed by atoms with Gasteiger partial charge in [0.1, 0.15) is 12.0 Å². The van der Waals surface area contributed by atoms with Crippen LogP contribution in [0.1, 0.15) is 10.6 Å². The third kappa shape index (κ3) is 2.71. The second-order valence-corrected chi connectivity index (χ2v) is 3.94. The second kappa shape index (κ2) is 5.41. The SMILES string of the molecule is COc1ccc(-n2nnc(C(=O)Nc3ccon3)n2)cc1. The zero-order valence-electron chi connectivity index (χ0n) is 10.9.